The van der Waals surface area contributed by atoms with Crippen molar-refractivity contribution in [2.75, 3.05) is 18.0 Å². The minimum absolute atomic E-state index is 0.250. The molecule has 1 aromatic rings. The van der Waals surface area contributed by atoms with E-state index in [9.17, 15) is 0 Å². The van der Waals surface area contributed by atoms with Crippen LogP contribution in [-0.4, -0.2) is 24.5 Å². The quantitative estimate of drug-likeness (QED) is 0.714. The van der Waals surface area contributed by atoms with Gasteiger partial charge in [-0.3, -0.25) is 4.79 Å². The Hall–Kier alpha value is -1.10. The lowest BCUT2D eigenvalue weighted by molar-refractivity contribution is -0.106. The van der Waals surface area contributed by atoms with Gasteiger partial charge in [0.15, 0.2) is 5.13 Å². The predicted molar refractivity (Wildman–Crippen MR) is 58.4 cm³/mol. The van der Waals surface area contributed by atoms with Gasteiger partial charge in [0.25, 0.3) is 0 Å². The van der Waals surface area contributed by atoms with E-state index in [4.69, 9.17) is 4.79 Å². The Labute approximate surface area is 87.7 Å². The van der Waals surface area contributed by atoms with Crippen molar-refractivity contribution in [1.29, 1.82) is 0 Å². The van der Waals surface area contributed by atoms with Crippen LogP contribution < -0.4 is 10.6 Å². The molecule has 1 amide bonds. The van der Waals surface area contributed by atoms with E-state index in [1.807, 2.05) is 11.6 Å². The van der Waals surface area contributed by atoms with E-state index in [0.29, 0.717) is 0 Å². The van der Waals surface area contributed by atoms with Crippen LogP contribution in [0.3, 0.4) is 0 Å². The molecule has 2 N–H and O–H groups in total. The summed E-state index contributed by atoms with van der Waals surface area (Å²) in [6, 6.07) is 0. The van der Waals surface area contributed by atoms with E-state index in [1.165, 1.54) is 37.5 Å². The summed E-state index contributed by atoms with van der Waals surface area (Å²) in [5.74, 6) is 0. The van der Waals surface area contributed by atoms with Crippen molar-refractivity contribution in [2.24, 2.45) is 5.73 Å². The van der Waals surface area contributed by atoms with Crippen LogP contribution >= 0.6 is 11.3 Å². The molecule has 0 unspecified atom stereocenters. The molecule has 0 aliphatic carbocycles. The summed E-state index contributed by atoms with van der Waals surface area (Å²) in [7, 11) is 0. The molecule has 0 bridgehead atoms. The molecule has 0 spiro atoms. The van der Waals surface area contributed by atoms with E-state index in [2.05, 4.69) is 15.6 Å². The molecule has 0 saturated carbocycles. The van der Waals surface area contributed by atoms with E-state index in [-0.39, 0.29) is 6.41 Å². The average molecular weight is 213 g/mol. The summed E-state index contributed by atoms with van der Waals surface area (Å²) in [6.45, 7) is 2.40. The normalized spacial score (nSPS) is 15.6. The number of hydrogen-bond acceptors (Lipinski definition) is 4. The second-order valence-electron chi connectivity index (χ2n) is 3.00. The number of amides is 1. The van der Waals surface area contributed by atoms with Crippen molar-refractivity contribution in [3.05, 3.63) is 11.6 Å². The summed E-state index contributed by atoms with van der Waals surface area (Å²) >= 11 is 1.74. The van der Waals surface area contributed by atoms with Crippen LogP contribution in [0.4, 0.5) is 5.13 Å². The third-order valence-corrected chi connectivity index (χ3v) is 2.88. The topological polar surface area (TPSA) is 59.2 Å². The molecule has 14 heavy (non-hydrogen) atoms. The highest BCUT2D eigenvalue weighted by molar-refractivity contribution is 7.13. The number of nitrogens with zero attached hydrogens (tertiary/aromatic N) is 2. The third-order valence-electron chi connectivity index (χ3n) is 2.05. The van der Waals surface area contributed by atoms with Gasteiger partial charge in [0.2, 0.25) is 6.41 Å². The second kappa shape index (κ2) is 6.37. The number of piperidine rings is 1. The number of aromatic nitrogens is 1. The zero-order valence-corrected chi connectivity index (χ0v) is 8.87. The first-order valence-corrected chi connectivity index (χ1v) is 5.56. The number of carbonyl (C=O) groups is 1. The largest absolute Gasteiger partial charge is 0.372 e. The molecule has 1 saturated heterocycles. The van der Waals surface area contributed by atoms with Gasteiger partial charge in [-0.2, -0.15) is 0 Å². The molecule has 1 aromatic heterocycles. The molecular formula is C9H15N3OS. The lowest BCUT2D eigenvalue weighted by Crippen LogP contribution is -2.29. The Kier molecular flexibility index (Phi) is 4.99. The summed E-state index contributed by atoms with van der Waals surface area (Å²) < 4.78 is 0. The fraction of sp³-hybridized carbons (Fsp3) is 0.556. The Balaban J connectivity index is 0.000000293. The van der Waals surface area contributed by atoms with E-state index < -0.39 is 0 Å². The highest BCUT2D eigenvalue weighted by Gasteiger charge is 2.11. The minimum atomic E-state index is 0.250. The molecule has 1 aliphatic heterocycles. The number of nitrogens with two attached hydrogens (primary N) is 1. The van der Waals surface area contributed by atoms with Gasteiger partial charge in [-0.1, -0.05) is 0 Å². The van der Waals surface area contributed by atoms with Gasteiger partial charge >= 0.3 is 0 Å². The number of anilines is 1. The lowest BCUT2D eigenvalue weighted by atomic mass is 10.1. The van der Waals surface area contributed by atoms with Crippen molar-refractivity contribution in [1.82, 2.24) is 4.98 Å². The van der Waals surface area contributed by atoms with Crippen LogP contribution in [-0.2, 0) is 4.79 Å². The number of primary amides is 1. The molecule has 0 radical (unpaired) electrons. The molecule has 0 atom stereocenters. The molecule has 0 aromatic carbocycles. The fourth-order valence-corrected chi connectivity index (χ4v) is 2.15. The van der Waals surface area contributed by atoms with Crippen molar-refractivity contribution >= 4 is 22.9 Å². The summed E-state index contributed by atoms with van der Waals surface area (Å²) in [6.07, 6.45) is 6.19. The first-order chi connectivity index (χ1) is 6.88. The maximum Gasteiger partial charge on any atom is 0.204 e. The van der Waals surface area contributed by atoms with Crippen LogP contribution in [0.2, 0.25) is 0 Å². The van der Waals surface area contributed by atoms with Crippen LogP contribution in [0.1, 0.15) is 19.3 Å². The van der Waals surface area contributed by atoms with E-state index in [1.54, 1.807) is 11.3 Å². The smallest absolute Gasteiger partial charge is 0.204 e. The predicted octanol–water partition coefficient (Wildman–Crippen LogP) is 1.23. The van der Waals surface area contributed by atoms with Crippen molar-refractivity contribution in [2.45, 2.75) is 19.3 Å². The summed E-state index contributed by atoms with van der Waals surface area (Å²) in [4.78, 5) is 15.3. The highest BCUT2D eigenvalue weighted by atomic mass is 32.1. The SMILES string of the molecule is NC=O.c1csc(N2CCCCC2)n1. The van der Waals surface area contributed by atoms with Gasteiger partial charge in [-0.05, 0) is 19.3 Å². The lowest BCUT2D eigenvalue weighted by Gasteiger charge is -2.25. The highest BCUT2D eigenvalue weighted by Crippen LogP contribution is 2.21. The molecular weight excluding hydrogens is 198 g/mol. The number of thiazole rings is 1. The molecule has 78 valence electrons. The first kappa shape index (κ1) is 11.0. The van der Waals surface area contributed by atoms with E-state index >= 15 is 0 Å². The second-order valence-corrected chi connectivity index (χ2v) is 3.87. The summed E-state index contributed by atoms with van der Waals surface area (Å²) in [5, 5.41) is 3.24. The number of hydrogen-bond donors (Lipinski definition) is 1. The fourth-order valence-electron chi connectivity index (χ4n) is 1.46. The Morgan fingerprint density at radius 1 is 1.43 bits per heavy atom. The van der Waals surface area contributed by atoms with Gasteiger partial charge < -0.3 is 10.6 Å². The molecule has 2 heterocycles. The van der Waals surface area contributed by atoms with Gasteiger partial charge in [0, 0.05) is 24.7 Å². The maximum atomic E-state index is 8.58. The van der Waals surface area contributed by atoms with Crippen LogP contribution in [0, 0.1) is 0 Å². The molecule has 1 aliphatic rings. The maximum absolute atomic E-state index is 8.58. The summed E-state index contributed by atoms with van der Waals surface area (Å²) in [5.41, 5.74) is 4.17. The van der Waals surface area contributed by atoms with Gasteiger partial charge in [-0.15, -0.1) is 11.3 Å². The van der Waals surface area contributed by atoms with E-state index in [0.717, 1.165) is 0 Å². The van der Waals surface area contributed by atoms with Gasteiger partial charge in [-0.25, -0.2) is 4.98 Å². The average Bonchev–Trinajstić information content (AvgIpc) is 2.73. The van der Waals surface area contributed by atoms with Crippen LogP contribution in [0.25, 0.3) is 0 Å². The zero-order valence-electron chi connectivity index (χ0n) is 8.06. The minimum Gasteiger partial charge on any atom is -0.372 e. The van der Waals surface area contributed by atoms with Gasteiger partial charge in [0.1, 0.15) is 0 Å². The molecule has 1 fully saturated rings. The third kappa shape index (κ3) is 3.33. The standard InChI is InChI=1S/C8H12N2S.CH3NO/c1-2-5-10(6-3-1)8-9-4-7-11-8;2-1-3/h4,7H,1-3,5-6H2;1H,(H2,2,3). The molecule has 2 rings (SSSR count). The van der Waals surface area contributed by atoms with Crippen LogP contribution in [0.15, 0.2) is 11.6 Å². The van der Waals surface area contributed by atoms with Crippen molar-refractivity contribution in [3.8, 4) is 0 Å². The van der Waals surface area contributed by atoms with Crippen molar-refractivity contribution < 1.29 is 4.79 Å². The Bertz CT molecular complexity index is 245. The first-order valence-electron chi connectivity index (χ1n) is 4.68. The number of rotatable bonds is 1. The zero-order chi connectivity index (χ0) is 10.2. The monoisotopic (exact) mass is 213 g/mol. The van der Waals surface area contributed by atoms with Crippen LogP contribution in [0.5, 0.6) is 0 Å². The Morgan fingerprint density at radius 2 is 2.07 bits per heavy atom. The molecule has 5 heteroatoms. The van der Waals surface area contributed by atoms with Crippen molar-refractivity contribution in [3.63, 3.8) is 0 Å². The Morgan fingerprint density at radius 3 is 2.57 bits per heavy atom. The number of carbonyl (C=O) groups excluding carboxylic acids is 1. The van der Waals surface area contributed by atoms with Gasteiger partial charge in [0.05, 0.1) is 0 Å². The molecule has 4 nitrogen and oxygen atoms in total.